The Morgan fingerprint density at radius 3 is 2.66 bits per heavy atom. The van der Waals surface area contributed by atoms with E-state index in [1.807, 2.05) is 48.8 Å². The second kappa shape index (κ2) is 8.32. The molecule has 0 saturated carbocycles. The van der Waals surface area contributed by atoms with E-state index in [1.165, 1.54) is 0 Å². The van der Waals surface area contributed by atoms with Gasteiger partial charge in [-0.15, -0.1) is 11.3 Å². The van der Waals surface area contributed by atoms with Crippen LogP contribution in [0.25, 0.3) is 32.7 Å². The van der Waals surface area contributed by atoms with Crippen LogP contribution >= 0.6 is 11.3 Å². The number of nitrogen functional groups attached to an aromatic ring is 1. The zero-order valence-electron chi connectivity index (χ0n) is 17.6. The molecule has 1 unspecified atom stereocenters. The molecular weight excluding hydrogens is 418 g/mol. The number of benzene rings is 2. The molecule has 3 N–H and O–H groups in total. The van der Waals surface area contributed by atoms with Crippen molar-refractivity contribution in [2.24, 2.45) is 0 Å². The van der Waals surface area contributed by atoms with E-state index in [2.05, 4.69) is 55.4 Å². The normalized spacial score (nSPS) is 12.1. The van der Waals surface area contributed by atoms with Crippen LogP contribution in [0.4, 0.5) is 11.8 Å². The van der Waals surface area contributed by atoms with Crippen molar-refractivity contribution in [3.8, 4) is 22.5 Å². The van der Waals surface area contributed by atoms with Gasteiger partial charge in [0, 0.05) is 29.4 Å². The van der Waals surface area contributed by atoms with E-state index in [4.69, 9.17) is 5.73 Å². The van der Waals surface area contributed by atoms with Gasteiger partial charge in [0.25, 0.3) is 0 Å². The monoisotopic (exact) mass is 439 g/mol. The first kappa shape index (κ1) is 20.0. The van der Waals surface area contributed by atoms with Crippen molar-refractivity contribution >= 4 is 33.3 Å². The van der Waals surface area contributed by atoms with Gasteiger partial charge in [-0.05, 0) is 43.7 Å². The highest BCUT2D eigenvalue weighted by Crippen LogP contribution is 2.28. The van der Waals surface area contributed by atoms with Gasteiger partial charge in [-0.1, -0.05) is 24.3 Å². The first-order valence-electron chi connectivity index (χ1n) is 10.2. The highest BCUT2D eigenvalue weighted by Gasteiger charge is 2.11. The molecule has 0 amide bonds. The molecule has 0 aliphatic heterocycles. The molecule has 0 aliphatic carbocycles. The SMILES string of the molecule is Cc1nc(NC(C)c2cccc(-c3ccnc(N)n3)c2)cc(-c2ccc3ncsc3c2)n1. The van der Waals surface area contributed by atoms with E-state index >= 15 is 0 Å². The fraction of sp³-hybridized carbons (Fsp3) is 0.125. The third-order valence-electron chi connectivity index (χ3n) is 5.19. The first-order chi connectivity index (χ1) is 15.5. The molecule has 0 aliphatic rings. The maximum atomic E-state index is 5.75. The van der Waals surface area contributed by atoms with E-state index < -0.39 is 0 Å². The maximum Gasteiger partial charge on any atom is 0.220 e. The number of thiazole rings is 1. The van der Waals surface area contributed by atoms with Crippen molar-refractivity contribution in [1.29, 1.82) is 0 Å². The summed E-state index contributed by atoms with van der Waals surface area (Å²) in [5.41, 5.74) is 13.4. The van der Waals surface area contributed by atoms with Gasteiger partial charge in [0.05, 0.1) is 27.1 Å². The molecule has 0 fully saturated rings. The van der Waals surface area contributed by atoms with Crippen LogP contribution in [0.3, 0.4) is 0 Å². The minimum atomic E-state index is 0.0280. The molecule has 3 aromatic heterocycles. The van der Waals surface area contributed by atoms with E-state index in [-0.39, 0.29) is 12.0 Å². The topological polar surface area (TPSA) is 102 Å². The van der Waals surface area contributed by atoms with E-state index in [0.29, 0.717) is 5.82 Å². The zero-order valence-corrected chi connectivity index (χ0v) is 18.5. The molecule has 3 heterocycles. The molecule has 0 spiro atoms. The van der Waals surface area contributed by atoms with Crippen LogP contribution < -0.4 is 11.1 Å². The molecule has 1 atom stereocenters. The number of anilines is 2. The average Bonchev–Trinajstić information content (AvgIpc) is 3.27. The number of hydrogen-bond acceptors (Lipinski definition) is 8. The predicted molar refractivity (Wildman–Crippen MR) is 129 cm³/mol. The molecular formula is C24H21N7S. The van der Waals surface area contributed by atoms with Crippen molar-refractivity contribution in [2.75, 3.05) is 11.1 Å². The summed E-state index contributed by atoms with van der Waals surface area (Å²) in [5.74, 6) is 1.76. The van der Waals surface area contributed by atoms with Crippen LogP contribution in [-0.2, 0) is 0 Å². The Bertz CT molecular complexity index is 1410. The number of rotatable bonds is 5. The summed E-state index contributed by atoms with van der Waals surface area (Å²) in [7, 11) is 0. The lowest BCUT2D eigenvalue weighted by Gasteiger charge is -2.17. The quantitative estimate of drug-likeness (QED) is 0.384. The van der Waals surface area contributed by atoms with E-state index in [0.717, 1.165) is 44.1 Å². The lowest BCUT2D eigenvalue weighted by atomic mass is 10.0. The van der Waals surface area contributed by atoms with Gasteiger partial charge in [0.15, 0.2) is 0 Å². The summed E-state index contributed by atoms with van der Waals surface area (Å²) in [6, 6.07) is 18.3. The Kier molecular flexibility index (Phi) is 5.20. The Balaban J connectivity index is 1.42. The number of fused-ring (bicyclic) bond motifs is 1. The molecule has 5 rings (SSSR count). The van der Waals surface area contributed by atoms with Gasteiger partial charge in [0.1, 0.15) is 11.6 Å². The van der Waals surface area contributed by atoms with Gasteiger partial charge in [-0.25, -0.2) is 24.9 Å². The third-order valence-corrected chi connectivity index (χ3v) is 5.98. The molecule has 0 saturated heterocycles. The highest BCUT2D eigenvalue weighted by molar-refractivity contribution is 7.16. The van der Waals surface area contributed by atoms with Crippen LogP contribution in [0.5, 0.6) is 0 Å². The Morgan fingerprint density at radius 2 is 1.78 bits per heavy atom. The third kappa shape index (κ3) is 4.13. The standard InChI is InChI=1S/C24H21N7S/c1-14(16-4-3-5-17(10-16)19-8-9-26-24(25)31-19)28-23-12-21(29-15(2)30-23)18-6-7-20-22(11-18)32-13-27-20/h3-14H,1-2H3,(H2,25,26,31)(H,28,29,30). The van der Waals surface area contributed by atoms with Gasteiger partial charge in [-0.2, -0.15) is 0 Å². The maximum absolute atomic E-state index is 5.75. The molecule has 0 radical (unpaired) electrons. The minimum Gasteiger partial charge on any atom is -0.368 e. The van der Waals surface area contributed by atoms with Crippen LogP contribution in [0.15, 0.2) is 66.3 Å². The van der Waals surface area contributed by atoms with Crippen molar-refractivity contribution in [3.63, 3.8) is 0 Å². The van der Waals surface area contributed by atoms with Crippen molar-refractivity contribution in [3.05, 3.63) is 77.7 Å². The molecule has 2 aromatic carbocycles. The van der Waals surface area contributed by atoms with Crippen LogP contribution in [-0.4, -0.2) is 24.9 Å². The van der Waals surface area contributed by atoms with Gasteiger partial charge < -0.3 is 11.1 Å². The Hall–Kier alpha value is -3.91. The summed E-state index contributed by atoms with van der Waals surface area (Å²) in [5, 5.41) is 3.51. The van der Waals surface area contributed by atoms with E-state index in [1.54, 1.807) is 17.5 Å². The number of hydrogen-bond donors (Lipinski definition) is 2. The van der Waals surface area contributed by atoms with Crippen molar-refractivity contribution < 1.29 is 0 Å². The fourth-order valence-corrected chi connectivity index (χ4v) is 4.33. The average molecular weight is 440 g/mol. The smallest absolute Gasteiger partial charge is 0.220 e. The van der Waals surface area contributed by atoms with E-state index in [9.17, 15) is 0 Å². The van der Waals surface area contributed by atoms with Crippen molar-refractivity contribution in [2.45, 2.75) is 19.9 Å². The molecule has 32 heavy (non-hydrogen) atoms. The summed E-state index contributed by atoms with van der Waals surface area (Å²) in [6.45, 7) is 4.01. The predicted octanol–water partition coefficient (Wildman–Crippen LogP) is 5.27. The Morgan fingerprint density at radius 1 is 0.906 bits per heavy atom. The number of aryl methyl sites for hydroxylation is 1. The highest BCUT2D eigenvalue weighted by atomic mass is 32.1. The number of nitrogens with one attached hydrogen (secondary N) is 1. The largest absolute Gasteiger partial charge is 0.368 e. The minimum absolute atomic E-state index is 0.0280. The molecule has 5 aromatic rings. The number of nitrogens with zero attached hydrogens (tertiary/aromatic N) is 5. The molecule has 158 valence electrons. The zero-order chi connectivity index (χ0) is 22.1. The lowest BCUT2D eigenvalue weighted by Crippen LogP contribution is -2.09. The molecule has 8 heteroatoms. The Labute approximate surface area is 189 Å². The second-order valence-electron chi connectivity index (χ2n) is 7.51. The summed E-state index contributed by atoms with van der Waals surface area (Å²) >= 11 is 1.63. The first-order valence-corrected chi connectivity index (χ1v) is 11.1. The van der Waals surface area contributed by atoms with Gasteiger partial charge in [-0.3, -0.25) is 0 Å². The summed E-state index contributed by atoms with van der Waals surface area (Å²) < 4.78 is 1.14. The van der Waals surface area contributed by atoms with Gasteiger partial charge >= 0.3 is 0 Å². The number of aromatic nitrogens is 5. The van der Waals surface area contributed by atoms with Crippen LogP contribution in [0.1, 0.15) is 24.4 Å². The van der Waals surface area contributed by atoms with Crippen molar-refractivity contribution in [1.82, 2.24) is 24.9 Å². The molecule has 0 bridgehead atoms. The number of nitrogens with two attached hydrogens (primary N) is 1. The van der Waals surface area contributed by atoms with Crippen LogP contribution in [0, 0.1) is 6.92 Å². The fourth-order valence-electron chi connectivity index (χ4n) is 3.61. The second-order valence-corrected chi connectivity index (χ2v) is 8.40. The summed E-state index contributed by atoms with van der Waals surface area (Å²) in [6.07, 6.45) is 1.67. The lowest BCUT2D eigenvalue weighted by molar-refractivity contribution is 0.868. The molecule has 7 nitrogen and oxygen atoms in total. The summed E-state index contributed by atoms with van der Waals surface area (Å²) in [4.78, 5) is 21.9. The van der Waals surface area contributed by atoms with Gasteiger partial charge in [0.2, 0.25) is 5.95 Å². The van der Waals surface area contributed by atoms with Crippen LogP contribution in [0.2, 0.25) is 0 Å².